The predicted molar refractivity (Wildman–Crippen MR) is 78.7 cm³/mol. The van der Waals surface area contributed by atoms with Crippen LogP contribution in [0, 0.1) is 0 Å². The number of hydrogen-bond donors (Lipinski definition) is 2. The monoisotopic (exact) mass is 298 g/mol. The van der Waals surface area contributed by atoms with E-state index in [4.69, 9.17) is 4.42 Å². The van der Waals surface area contributed by atoms with Gasteiger partial charge in [-0.05, 0) is 18.2 Å². The lowest BCUT2D eigenvalue weighted by atomic mass is 10.4. The summed E-state index contributed by atoms with van der Waals surface area (Å²) in [5.41, 5.74) is 0. The zero-order chi connectivity index (χ0) is 15.2. The topological polar surface area (TPSA) is 97.9 Å². The van der Waals surface area contributed by atoms with Crippen molar-refractivity contribution in [3.05, 3.63) is 55.0 Å². The van der Waals surface area contributed by atoms with Crippen molar-refractivity contribution >= 4 is 11.7 Å². The molecule has 0 unspecified atom stereocenters. The lowest BCUT2D eigenvalue weighted by Crippen LogP contribution is -2.28. The minimum atomic E-state index is -0.244. The summed E-state index contributed by atoms with van der Waals surface area (Å²) in [5.74, 6) is 1.38. The van der Waals surface area contributed by atoms with E-state index in [0.717, 1.165) is 0 Å². The smallest absolute Gasteiger partial charge is 0.287 e. The van der Waals surface area contributed by atoms with Crippen LogP contribution in [0.3, 0.4) is 0 Å². The van der Waals surface area contributed by atoms with Crippen LogP contribution >= 0.6 is 0 Å². The van der Waals surface area contributed by atoms with Crippen LogP contribution in [0.2, 0.25) is 0 Å². The average molecular weight is 298 g/mol. The van der Waals surface area contributed by atoms with E-state index in [0.29, 0.717) is 30.5 Å². The summed E-state index contributed by atoms with van der Waals surface area (Å²) in [5, 5.41) is 9.96. The Bertz CT molecular complexity index is 724. The number of carbonyl (C=O) groups is 1. The number of anilines is 1. The number of nitrogens with zero attached hydrogens (tertiary/aromatic N) is 4. The van der Waals surface area contributed by atoms with E-state index in [9.17, 15) is 4.79 Å². The first-order chi connectivity index (χ1) is 10.8. The van der Waals surface area contributed by atoms with Crippen molar-refractivity contribution < 1.29 is 9.21 Å². The van der Waals surface area contributed by atoms with Gasteiger partial charge in [0, 0.05) is 31.5 Å². The first-order valence-electron chi connectivity index (χ1n) is 6.70. The van der Waals surface area contributed by atoms with Gasteiger partial charge in [-0.3, -0.25) is 4.79 Å². The highest BCUT2D eigenvalue weighted by molar-refractivity contribution is 5.91. The SMILES string of the molecule is O=C(NCCNc1cc(-n2cccn2)ncn1)c1ccco1. The largest absolute Gasteiger partial charge is 0.459 e. The van der Waals surface area contributed by atoms with Crippen molar-refractivity contribution in [2.45, 2.75) is 0 Å². The second kappa shape index (κ2) is 6.53. The average Bonchev–Trinajstić information content (AvgIpc) is 3.24. The predicted octanol–water partition coefficient (Wildman–Crippen LogP) is 1.10. The Morgan fingerprint density at radius 1 is 1.27 bits per heavy atom. The van der Waals surface area contributed by atoms with E-state index in [1.807, 2.05) is 6.07 Å². The first-order valence-corrected chi connectivity index (χ1v) is 6.70. The molecular formula is C14H14N6O2. The lowest BCUT2D eigenvalue weighted by Gasteiger charge is -2.07. The van der Waals surface area contributed by atoms with Crippen LogP contribution in [0.1, 0.15) is 10.6 Å². The highest BCUT2D eigenvalue weighted by Crippen LogP contribution is 2.07. The molecule has 1 amide bonds. The zero-order valence-electron chi connectivity index (χ0n) is 11.6. The molecule has 0 aliphatic carbocycles. The number of carbonyl (C=O) groups excluding carboxylic acids is 1. The normalized spacial score (nSPS) is 10.4. The molecule has 3 aromatic heterocycles. The minimum Gasteiger partial charge on any atom is -0.459 e. The fourth-order valence-electron chi connectivity index (χ4n) is 1.83. The van der Waals surface area contributed by atoms with Crippen LogP contribution in [0.5, 0.6) is 0 Å². The summed E-state index contributed by atoms with van der Waals surface area (Å²) in [6, 6.07) is 6.88. The fourth-order valence-corrected chi connectivity index (χ4v) is 1.83. The van der Waals surface area contributed by atoms with E-state index in [1.165, 1.54) is 12.6 Å². The summed E-state index contributed by atoms with van der Waals surface area (Å²) < 4.78 is 6.65. The third kappa shape index (κ3) is 3.29. The molecule has 3 heterocycles. The van der Waals surface area contributed by atoms with Gasteiger partial charge in [0.2, 0.25) is 0 Å². The summed E-state index contributed by atoms with van der Waals surface area (Å²) >= 11 is 0. The molecule has 3 aromatic rings. The molecule has 0 atom stereocenters. The maximum Gasteiger partial charge on any atom is 0.287 e. The highest BCUT2D eigenvalue weighted by atomic mass is 16.3. The van der Waals surface area contributed by atoms with Gasteiger partial charge in [-0.25, -0.2) is 14.6 Å². The van der Waals surface area contributed by atoms with Gasteiger partial charge in [0.05, 0.1) is 6.26 Å². The van der Waals surface area contributed by atoms with Gasteiger partial charge in [0.25, 0.3) is 5.91 Å². The van der Waals surface area contributed by atoms with Gasteiger partial charge in [-0.2, -0.15) is 5.10 Å². The summed E-state index contributed by atoms with van der Waals surface area (Å²) in [6.07, 6.45) is 6.40. The molecule has 0 radical (unpaired) electrons. The number of rotatable bonds is 6. The van der Waals surface area contributed by atoms with Gasteiger partial charge in [0.15, 0.2) is 11.6 Å². The second-order valence-corrected chi connectivity index (χ2v) is 4.37. The Labute approximate surface area is 126 Å². The molecule has 0 aromatic carbocycles. The Kier molecular flexibility index (Phi) is 4.10. The van der Waals surface area contributed by atoms with Gasteiger partial charge in [-0.1, -0.05) is 0 Å². The summed E-state index contributed by atoms with van der Waals surface area (Å²) in [4.78, 5) is 19.9. The fraction of sp³-hybridized carbons (Fsp3) is 0.143. The third-order valence-corrected chi connectivity index (χ3v) is 2.85. The molecule has 0 spiro atoms. The van der Waals surface area contributed by atoms with Crippen molar-refractivity contribution in [3.8, 4) is 5.82 Å². The van der Waals surface area contributed by atoms with Crippen LogP contribution in [0.4, 0.5) is 5.82 Å². The van der Waals surface area contributed by atoms with Gasteiger partial charge < -0.3 is 15.1 Å². The highest BCUT2D eigenvalue weighted by Gasteiger charge is 2.06. The Hall–Kier alpha value is -3.16. The molecule has 0 saturated heterocycles. The Morgan fingerprint density at radius 3 is 3.00 bits per heavy atom. The zero-order valence-corrected chi connectivity index (χ0v) is 11.6. The maximum absolute atomic E-state index is 11.7. The Balaban J connectivity index is 1.50. The van der Waals surface area contributed by atoms with Crippen LogP contribution < -0.4 is 10.6 Å². The number of nitrogens with one attached hydrogen (secondary N) is 2. The summed E-state index contributed by atoms with van der Waals surface area (Å²) in [6.45, 7) is 0.975. The summed E-state index contributed by atoms with van der Waals surface area (Å²) in [7, 11) is 0. The van der Waals surface area contributed by atoms with Crippen molar-refractivity contribution in [2.75, 3.05) is 18.4 Å². The van der Waals surface area contributed by atoms with Gasteiger partial charge >= 0.3 is 0 Å². The van der Waals surface area contributed by atoms with E-state index >= 15 is 0 Å². The molecule has 2 N–H and O–H groups in total. The first kappa shape index (κ1) is 13.8. The number of hydrogen-bond acceptors (Lipinski definition) is 6. The van der Waals surface area contributed by atoms with Crippen molar-refractivity contribution in [2.24, 2.45) is 0 Å². The van der Waals surface area contributed by atoms with Crippen molar-refractivity contribution in [1.29, 1.82) is 0 Å². The van der Waals surface area contributed by atoms with E-state index in [1.54, 1.807) is 35.3 Å². The third-order valence-electron chi connectivity index (χ3n) is 2.85. The molecule has 3 rings (SSSR count). The van der Waals surface area contributed by atoms with Crippen molar-refractivity contribution in [1.82, 2.24) is 25.1 Å². The molecule has 0 saturated carbocycles. The Morgan fingerprint density at radius 2 is 2.23 bits per heavy atom. The maximum atomic E-state index is 11.7. The number of amides is 1. The molecule has 0 aliphatic rings. The molecular weight excluding hydrogens is 284 g/mol. The van der Waals surface area contributed by atoms with Crippen LogP contribution in [0.15, 0.2) is 53.7 Å². The molecule has 112 valence electrons. The number of aromatic nitrogens is 4. The molecule has 22 heavy (non-hydrogen) atoms. The van der Waals surface area contributed by atoms with Crippen LogP contribution in [-0.2, 0) is 0 Å². The second-order valence-electron chi connectivity index (χ2n) is 4.37. The standard InChI is InChI=1S/C14H14N6O2/c21-14(11-3-1-8-22-11)16-6-5-15-12-9-13(18-10-17-12)20-7-2-4-19-20/h1-4,7-10H,5-6H2,(H,16,21)(H,15,17,18). The lowest BCUT2D eigenvalue weighted by molar-refractivity contribution is 0.0927. The molecule has 0 bridgehead atoms. The molecule has 0 fully saturated rings. The molecule has 8 nitrogen and oxygen atoms in total. The minimum absolute atomic E-state index is 0.244. The van der Waals surface area contributed by atoms with E-state index in [-0.39, 0.29) is 5.91 Å². The number of furan rings is 1. The van der Waals surface area contributed by atoms with E-state index in [2.05, 4.69) is 25.7 Å². The quantitative estimate of drug-likeness (QED) is 0.661. The van der Waals surface area contributed by atoms with Crippen LogP contribution in [0.25, 0.3) is 5.82 Å². The van der Waals surface area contributed by atoms with Gasteiger partial charge in [0.1, 0.15) is 12.1 Å². The molecule has 0 aliphatic heterocycles. The molecule has 8 heteroatoms. The van der Waals surface area contributed by atoms with Gasteiger partial charge in [-0.15, -0.1) is 0 Å². The van der Waals surface area contributed by atoms with Crippen LogP contribution in [-0.4, -0.2) is 38.7 Å². The van der Waals surface area contributed by atoms with E-state index < -0.39 is 0 Å². The van der Waals surface area contributed by atoms with Crippen molar-refractivity contribution in [3.63, 3.8) is 0 Å².